The number of aryl methyl sites for hydroxylation is 1. The van der Waals surface area contributed by atoms with Crippen LogP contribution in [0, 0.1) is 5.92 Å². The van der Waals surface area contributed by atoms with Crippen LogP contribution < -0.4 is 10.2 Å². The van der Waals surface area contributed by atoms with Crippen molar-refractivity contribution >= 4 is 33.4 Å². The molecule has 1 atom stereocenters. The summed E-state index contributed by atoms with van der Waals surface area (Å²) >= 11 is 3.46. The second-order valence-corrected chi connectivity index (χ2v) is 7.81. The predicted molar refractivity (Wildman–Crippen MR) is 104 cm³/mol. The smallest absolute Gasteiger partial charge is 0.227 e. The van der Waals surface area contributed by atoms with Gasteiger partial charge in [0.15, 0.2) is 5.82 Å². The molecule has 0 spiro atoms. The lowest BCUT2D eigenvalue weighted by Gasteiger charge is -2.18. The molecule has 144 valence electrons. The van der Waals surface area contributed by atoms with Crippen molar-refractivity contribution in [3.8, 4) is 0 Å². The van der Waals surface area contributed by atoms with Gasteiger partial charge in [-0.15, -0.1) is 0 Å². The number of hydrogen-bond acceptors (Lipinski definition) is 5. The molecule has 2 aromatic rings. The Bertz CT molecular complexity index is 821. The third-order valence-electron chi connectivity index (χ3n) is 4.51. The van der Waals surface area contributed by atoms with E-state index in [4.69, 9.17) is 4.52 Å². The second-order valence-electron chi connectivity index (χ2n) is 6.95. The van der Waals surface area contributed by atoms with Crippen LogP contribution in [0.15, 0.2) is 33.3 Å². The molecule has 1 N–H and O–H groups in total. The number of benzene rings is 1. The van der Waals surface area contributed by atoms with Gasteiger partial charge in [0.05, 0.1) is 11.6 Å². The maximum absolute atomic E-state index is 12.4. The fourth-order valence-corrected chi connectivity index (χ4v) is 3.49. The number of rotatable bonds is 7. The molecule has 3 rings (SSSR count). The van der Waals surface area contributed by atoms with Crippen LogP contribution in [0.1, 0.15) is 44.3 Å². The van der Waals surface area contributed by atoms with Crippen molar-refractivity contribution in [1.82, 2.24) is 15.5 Å². The van der Waals surface area contributed by atoms with Gasteiger partial charge in [-0.05, 0) is 34.5 Å². The number of halogens is 1. The first kappa shape index (κ1) is 19.5. The summed E-state index contributed by atoms with van der Waals surface area (Å²) in [6, 6.07) is 7.53. The van der Waals surface area contributed by atoms with Gasteiger partial charge in [-0.3, -0.25) is 9.59 Å². The van der Waals surface area contributed by atoms with Crippen molar-refractivity contribution in [3.05, 3.63) is 40.5 Å². The minimum Gasteiger partial charge on any atom is -0.356 e. The topological polar surface area (TPSA) is 88.3 Å². The average Bonchev–Trinajstić information content (AvgIpc) is 3.26. The molecule has 2 heterocycles. The Kier molecular flexibility index (Phi) is 6.26. The molecule has 27 heavy (non-hydrogen) atoms. The molecule has 8 heteroatoms. The van der Waals surface area contributed by atoms with Crippen molar-refractivity contribution in [3.63, 3.8) is 0 Å². The molecule has 0 saturated carbocycles. The standard InChI is InChI=1S/C19H23BrN4O3/c1-12(2)18-22-16(27-23-18)8-5-9-21-19(26)13-10-17(25)24(11-13)15-7-4-3-6-14(15)20/h3-4,6-7,12-13H,5,8-11H2,1-2H3,(H,21,26). The zero-order valence-electron chi connectivity index (χ0n) is 15.4. The number of nitrogens with one attached hydrogen (secondary N) is 1. The minimum atomic E-state index is -0.333. The number of carbonyl (C=O) groups is 2. The normalized spacial score (nSPS) is 17.0. The van der Waals surface area contributed by atoms with Crippen molar-refractivity contribution in [2.75, 3.05) is 18.0 Å². The minimum absolute atomic E-state index is 0.0332. The van der Waals surface area contributed by atoms with Crippen molar-refractivity contribution in [1.29, 1.82) is 0 Å². The van der Waals surface area contributed by atoms with Gasteiger partial charge >= 0.3 is 0 Å². The molecule has 1 unspecified atom stereocenters. The maximum atomic E-state index is 12.4. The number of para-hydroxylation sites is 1. The van der Waals surface area contributed by atoms with Crippen molar-refractivity contribution in [2.45, 2.75) is 39.0 Å². The lowest BCUT2D eigenvalue weighted by molar-refractivity contribution is -0.126. The van der Waals surface area contributed by atoms with Gasteiger partial charge in [0.1, 0.15) is 0 Å². The van der Waals surface area contributed by atoms with Crippen LogP contribution in [0.5, 0.6) is 0 Å². The Morgan fingerprint density at radius 3 is 2.89 bits per heavy atom. The molecule has 7 nitrogen and oxygen atoms in total. The highest BCUT2D eigenvalue weighted by atomic mass is 79.9. The zero-order chi connectivity index (χ0) is 19.4. The Balaban J connectivity index is 1.46. The van der Waals surface area contributed by atoms with Gasteiger partial charge in [-0.2, -0.15) is 4.98 Å². The molecule has 1 aromatic heterocycles. The number of hydrogen-bond donors (Lipinski definition) is 1. The fraction of sp³-hybridized carbons (Fsp3) is 0.474. The van der Waals surface area contributed by atoms with E-state index in [-0.39, 0.29) is 30.1 Å². The Hall–Kier alpha value is -2.22. The van der Waals surface area contributed by atoms with Crippen LogP contribution in [0.3, 0.4) is 0 Å². The molecule has 1 aromatic carbocycles. The first-order chi connectivity index (χ1) is 13.0. The molecule has 1 aliphatic heterocycles. The van der Waals surface area contributed by atoms with Gasteiger partial charge in [-0.25, -0.2) is 0 Å². The highest BCUT2D eigenvalue weighted by Gasteiger charge is 2.35. The highest BCUT2D eigenvalue weighted by Crippen LogP contribution is 2.31. The van der Waals surface area contributed by atoms with E-state index in [1.165, 1.54) is 0 Å². The summed E-state index contributed by atoms with van der Waals surface area (Å²) in [5, 5.41) is 6.84. The fourth-order valence-electron chi connectivity index (χ4n) is 2.99. The zero-order valence-corrected chi connectivity index (χ0v) is 17.0. The number of amides is 2. The van der Waals surface area contributed by atoms with Crippen LogP contribution in [-0.2, 0) is 16.0 Å². The summed E-state index contributed by atoms with van der Waals surface area (Å²) < 4.78 is 6.04. The summed E-state index contributed by atoms with van der Waals surface area (Å²) in [6.07, 6.45) is 1.56. The molecule has 1 aliphatic rings. The number of carbonyl (C=O) groups excluding carboxylic acids is 2. The third-order valence-corrected chi connectivity index (χ3v) is 5.18. The molecular formula is C19H23BrN4O3. The van der Waals surface area contributed by atoms with Gasteiger partial charge in [0.2, 0.25) is 17.7 Å². The quantitative estimate of drug-likeness (QED) is 0.676. The van der Waals surface area contributed by atoms with Crippen molar-refractivity contribution < 1.29 is 14.1 Å². The average molecular weight is 435 g/mol. The van der Waals surface area contributed by atoms with Crippen molar-refractivity contribution in [2.24, 2.45) is 5.92 Å². The van der Waals surface area contributed by atoms with E-state index in [1.54, 1.807) is 4.90 Å². The van der Waals surface area contributed by atoms with E-state index in [0.717, 1.165) is 10.2 Å². The largest absolute Gasteiger partial charge is 0.356 e. The molecule has 0 bridgehead atoms. The van der Waals surface area contributed by atoms with E-state index in [2.05, 4.69) is 31.4 Å². The van der Waals surface area contributed by atoms with E-state index in [9.17, 15) is 9.59 Å². The third kappa shape index (κ3) is 4.74. The molecule has 0 aliphatic carbocycles. The summed E-state index contributed by atoms with van der Waals surface area (Å²) in [6.45, 7) is 4.93. The van der Waals surface area contributed by atoms with E-state index < -0.39 is 0 Å². The monoisotopic (exact) mass is 434 g/mol. The molecular weight excluding hydrogens is 412 g/mol. The summed E-state index contributed by atoms with van der Waals surface area (Å²) in [5.41, 5.74) is 0.801. The van der Waals surface area contributed by atoms with Gasteiger partial charge in [0, 0.05) is 36.3 Å². The second kappa shape index (κ2) is 8.65. The Labute approximate surface area is 166 Å². The molecule has 2 amide bonds. The molecule has 1 fully saturated rings. The first-order valence-corrected chi connectivity index (χ1v) is 9.90. The predicted octanol–water partition coefficient (Wildman–Crippen LogP) is 3.06. The van der Waals surface area contributed by atoms with Gasteiger partial charge < -0.3 is 14.7 Å². The van der Waals surface area contributed by atoms with Crippen LogP contribution in [0.25, 0.3) is 0 Å². The van der Waals surface area contributed by atoms with E-state index in [0.29, 0.717) is 37.6 Å². The van der Waals surface area contributed by atoms with Crippen LogP contribution in [0.2, 0.25) is 0 Å². The summed E-state index contributed by atoms with van der Waals surface area (Å²) in [5.74, 6) is 1.06. The SMILES string of the molecule is CC(C)c1noc(CCCNC(=O)C2CC(=O)N(c3ccccc3Br)C2)n1. The highest BCUT2D eigenvalue weighted by molar-refractivity contribution is 9.10. The summed E-state index contributed by atoms with van der Waals surface area (Å²) in [4.78, 5) is 30.7. The van der Waals surface area contributed by atoms with Gasteiger partial charge in [0.25, 0.3) is 0 Å². The first-order valence-electron chi connectivity index (χ1n) is 9.10. The number of nitrogens with zero attached hydrogens (tertiary/aromatic N) is 3. The van der Waals surface area contributed by atoms with Crippen LogP contribution >= 0.6 is 15.9 Å². The van der Waals surface area contributed by atoms with Crippen LogP contribution in [-0.4, -0.2) is 35.0 Å². The van der Waals surface area contributed by atoms with Crippen LogP contribution in [0.4, 0.5) is 5.69 Å². The lowest BCUT2D eigenvalue weighted by atomic mass is 10.1. The summed E-state index contributed by atoms with van der Waals surface area (Å²) in [7, 11) is 0. The number of aromatic nitrogens is 2. The Morgan fingerprint density at radius 1 is 1.41 bits per heavy atom. The Morgan fingerprint density at radius 2 is 2.19 bits per heavy atom. The maximum Gasteiger partial charge on any atom is 0.227 e. The number of anilines is 1. The van der Waals surface area contributed by atoms with E-state index in [1.807, 2.05) is 38.1 Å². The molecule has 0 radical (unpaired) electrons. The van der Waals surface area contributed by atoms with E-state index >= 15 is 0 Å². The lowest BCUT2D eigenvalue weighted by Crippen LogP contribution is -2.33. The van der Waals surface area contributed by atoms with Gasteiger partial charge in [-0.1, -0.05) is 31.1 Å². The molecule has 1 saturated heterocycles.